The van der Waals surface area contributed by atoms with E-state index in [0.29, 0.717) is 11.6 Å². The van der Waals surface area contributed by atoms with Gasteiger partial charge in [-0.2, -0.15) is 10.1 Å². The van der Waals surface area contributed by atoms with Crippen molar-refractivity contribution in [3.05, 3.63) is 27.7 Å². The van der Waals surface area contributed by atoms with Gasteiger partial charge in [-0.05, 0) is 34.0 Å². The van der Waals surface area contributed by atoms with Gasteiger partial charge in [-0.25, -0.2) is 4.98 Å². The van der Waals surface area contributed by atoms with Gasteiger partial charge in [-0.1, -0.05) is 13.3 Å². The summed E-state index contributed by atoms with van der Waals surface area (Å²) in [7, 11) is 0. The molecular weight excluding hydrogens is 306 g/mol. The molecule has 0 spiro atoms. The summed E-state index contributed by atoms with van der Waals surface area (Å²) in [6.07, 6.45) is 3.64. The summed E-state index contributed by atoms with van der Waals surface area (Å²) in [6.45, 7) is 2.12. The van der Waals surface area contributed by atoms with Crippen molar-refractivity contribution in [1.29, 1.82) is 0 Å². The van der Waals surface area contributed by atoms with E-state index in [1.54, 1.807) is 6.20 Å². The number of nitrogens with zero attached hydrogens (tertiary/aromatic N) is 3. The maximum atomic E-state index is 5.73. The molecule has 7 heteroatoms. The molecule has 2 rings (SSSR count). The van der Waals surface area contributed by atoms with Crippen molar-refractivity contribution in [2.45, 2.75) is 19.8 Å². The number of anilines is 2. The normalized spacial score (nSPS) is 10.5. The maximum Gasteiger partial charge on any atom is 0.224 e. The van der Waals surface area contributed by atoms with E-state index >= 15 is 0 Å². The summed E-state index contributed by atoms with van der Waals surface area (Å²) in [6, 6.07) is 1.95. The SMILES string of the molecule is CCCc1cc(Nc2nc(Cl)ncc2Br)n[nH]1. The zero-order valence-electron chi connectivity index (χ0n) is 9.17. The van der Waals surface area contributed by atoms with Crippen LogP contribution >= 0.6 is 27.5 Å². The Bertz CT molecular complexity index is 513. The Morgan fingerprint density at radius 1 is 1.53 bits per heavy atom. The third-order valence-electron chi connectivity index (χ3n) is 2.11. The Balaban J connectivity index is 2.16. The molecule has 0 fully saturated rings. The van der Waals surface area contributed by atoms with Gasteiger partial charge < -0.3 is 5.32 Å². The van der Waals surface area contributed by atoms with Gasteiger partial charge in [0.2, 0.25) is 5.28 Å². The van der Waals surface area contributed by atoms with E-state index in [1.807, 2.05) is 6.07 Å². The zero-order chi connectivity index (χ0) is 12.3. The molecule has 0 saturated heterocycles. The minimum Gasteiger partial charge on any atom is -0.322 e. The average Bonchev–Trinajstić information content (AvgIpc) is 2.72. The van der Waals surface area contributed by atoms with Crippen molar-refractivity contribution >= 4 is 39.2 Å². The monoisotopic (exact) mass is 315 g/mol. The van der Waals surface area contributed by atoms with Gasteiger partial charge in [0.15, 0.2) is 11.6 Å². The van der Waals surface area contributed by atoms with Gasteiger partial charge in [-0.3, -0.25) is 5.10 Å². The van der Waals surface area contributed by atoms with E-state index in [0.717, 1.165) is 23.0 Å². The van der Waals surface area contributed by atoms with Gasteiger partial charge in [0.05, 0.1) is 4.47 Å². The Hall–Kier alpha value is -1.14. The molecule has 0 radical (unpaired) electrons. The highest BCUT2D eigenvalue weighted by Gasteiger charge is 2.06. The molecular formula is C10H11BrClN5. The molecule has 90 valence electrons. The molecule has 0 aliphatic carbocycles. The second-order valence-corrected chi connectivity index (χ2v) is 4.68. The summed E-state index contributed by atoms with van der Waals surface area (Å²) in [4.78, 5) is 7.92. The van der Waals surface area contributed by atoms with Crippen LogP contribution in [0.3, 0.4) is 0 Å². The summed E-state index contributed by atoms with van der Waals surface area (Å²) in [5.74, 6) is 1.31. The molecule has 2 aromatic heterocycles. The molecule has 0 aromatic carbocycles. The molecule has 0 saturated carbocycles. The standard InChI is InChI=1S/C10H11BrClN5/c1-2-3-6-4-8(17-16-6)14-9-7(11)5-13-10(12)15-9/h4-5H,2-3H2,1H3,(H2,13,14,15,16,17). The number of aromatic amines is 1. The van der Waals surface area contributed by atoms with Crippen molar-refractivity contribution < 1.29 is 0 Å². The lowest BCUT2D eigenvalue weighted by molar-refractivity contribution is 0.867. The van der Waals surface area contributed by atoms with E-state index < -0.39 is 0 Å². The number of halogens is 2. The molecule has 2 aromatic rings. The number of aromatic nitrogens is 4. The van der Waals surface area contributed by atoms with Crippen LogP contribution in [0.25, 0.3) is 0 Å². The minimum atomic E-state index is 0.194. The predicted molar refractivity (Wildman–Crippen MR) is 70.6 cm³/mol. The van der Waals surface area contributed by atoms with Crippen LogP contribution in [-0.2, 0) is 6.42 Å². The van der Waals surface area contributed by atoms with Crippen LogP contribution in [-0.4, -0.2) is 20.2 Å². The lowest BCUT2D eigenvalue weighted by atomic mass is 10.2. The number of hydrogen-bond acceptors (Lipinski definition) is 4. The minimum absolute atomic E-state index is 0.194. The second-order valence-electron chi connectivity index (χ2n) is 3.49. The van der Waals surface area contributed by atoms with Gasteiger partial charge in [0.25, 0.3) is 0 Å². The smallest absolute Gasteiger partial charge is 0.224 e. The number of H-pyrrole nitrogens is 1. The van der Waals surface area contributed by atoms with Crippen LogP contribution in [0.1, 0.15) is 19.0 Å². The van der Waals surface area contributed by atoms with E-state index in [4.69, 9.17) is 11.6 Å². The summed E-state index contributed by atoms with van der Waals surface area (Å²) in [5, 5.41) is 10.4. The lowest BCUT2D eigenvalue weighted by Crippen LogP contribution is -1.96. The largest absolute Gasteiger partial charge is 0.322 e. The molecule has 0 unspecified atom stereocenters. The first-order chi connectivity index (χ1) is 8.19. The molecule has 2 heterocycles. The van der Waals surface area contributed by atoms with Crippen LogP contribution in [0.5, 0.6) is 0 Å². The molecule has 0 aliphatic rings. The van der Waals surface area contributed by atoms with Crippen LogP contribution in [0.15, 0.2) is 16.7 Å². The first kappa shape index (κ1) is 12.3. The third-order valence-corrected chi connectivity index (χ3v) is 2.87. The van der Waals surface area contributed by atoms with Crippen molar-refractivity contribution in [3.8, 4) is 0 Å². The van der Waals surface area contributed by atoms with E-state index in [-0.39, 0.29) is 5.28 Å². The van der Waals surface area contributed by atoms with Crippen LogP contribution in [0.2, 0.25) is 5.28 Å². The molecule has 0 bridgehead atoms. The molecule has 2 N–H and O–H groups in total. The zero-order valence-corrected chi connectivity index (χ0v) is 11.5. The highest BCUT2D eigenvalue weighted by Crippen LogP contribution is 2.23. The molecule has 0 aliphatic heterocycles. The maximum absolute atomic E-state index is 5.73. The highest BCUT2D eigenvalue weighted by atomic mass is 79.9. The summed E-state index contributed by atoms with van der Waals surface area (Å²) < 4.78 is 0.738. The van der Waals surface area contributed by atoms with Gasteiger partial charge >= 0.3 is 0 Å². The fraction of sp³-hybridized carbons (Fsp3) is 0.300. The van der Waals surface area contributed by atoms with Crippen molar-refractivity contribution in [2.75, 3.05) is 5.32 Å². The van der Waals surface area contributed by atoms with Crippen molar-refractivity contribution in [1.82, 2.24) is 20.2 Å². The Morgan fingerprint density at radius 3 is 3.12 bits per heavy atom. The van der Waals surface area contributed by atoms with E-state index in [1.165, 1.54) is 0 Å². The van der Waals surface area contributed by atoms with Crippen LogP contribution < -0.4 is 5.32 Å². The fourth-order valence-electron chi connectivity index (χ4n) is 1.38. The van der Waals surface area contributed by atoms with Crippen LogP contribution in [0.4, 0.5) is 11.6 Å². The molecule has 17 heavy (non-hydrogen) atoms. The van der Waals surface area contributed by atoms with E-state index in [2.05, 4.69) is 48.3 Å². The topological polar surface area (TPSA) is 66.5 Å². The predicted octanol–water partition coefficient (Wildman–Crippen LogP) is 3.31. The average molecular weight is 317 g/mol. The number of hydrogen-bond donors (Lipinski definition) is 2. The molecule has 5 nitrogen and oxygen atoms in total. The Kier molecular flexibility index (Phi) is 3.96. The Morgan fingerprint density at radius 2 is 2.35 bits per heavy atom. The summed E-state index contributed by atoms with van der Waals surface area (Å²) in [5.41, 5.74) is 1.09. The summed E-state index contributed by atoms with van der Waals surface area (Å²) >= 11 is 9.07. The first-order valence-electron chi connectivity index (χ1n) is 5.18. The van der Waals surface area contributed by atoms with Gasteiger partial charge in [0, 0.05) is 18.0 Å². The van der Waals surface area contributed by atoms with Crippen LogP contribution in [0, 0.1) is 0 Å². The molecule has 0 atom stereocenters. The fourth-order valence-corrected chi connectivity index (χ4v) is 1.80. The van der Waals surface area contributed by atoms with Gasteiger partial charge in [-0.15, -0.1) is 0 Å². The Labute approximate surface area is 112 Å². The van der Waals surface area contributed by atoms with Gasteiger partial charge in [0.1, 0.15) is 0 Å². The van der Waals surface area contributed by atoms with Crippen molar-refractivity contribution in [3.63, 3.8) is 0 Å². The van der Waals surface area contributed by atoms with Crippen molar-refractivity contribution in [2.24, 2.45) is 0 Å². The number of rotatable bonds is 4. The number of aryl methyl sites for hydroxylation is 1. The lowest BCUT2D eigenvalue weighted by Gasteiger charge is -2.03. The number of nitrogens with one attached hydrogen (secondary N) is 2. The first-order valence-corrected chi connectivity index (χ1v) is 6.35. The third kappa shape index (κ3) is 3.17. The quantitative estimate of drug-likeness (QED) is 0.849. The highest BCUT2D eigenvalue weighted by molar-refractivity contribution is 9.10. The second kappa shape index (κ2) is 5.46. The molecule has 0 amide bonds. The van der Waals surface area contributed by atoms with E-state index in [9.17, 15) is 0 Å².